The number of hydrogen-bond donors (Lipinski definition) is 2. The Morgan fingerprint density at radius 2 is 2.13 bits per heavy atom. The molecule has 1 fully saturated rings. The van der Waals surface area contributed by atoms with Crippen molar-refractivity contribution in [1.29, 1.82) is 0 Å². The van der Waals surface area contributed by atoms with Crippen molar-refractivity contribution in [2.75, 3.05) is 24.5 Å². The third-order valence-electron chi connectivity index (χ3n) is 5.13. The van der Waals surface area contributed by atoms with Gasteiger partial charge in [-0.25, -0.2) is 9.97 Å². The Hall–Kier alpha value is -2.11. The summed E-state index contributed by atoms with van der Waals surface area (Å²) in [4.78, 5) is 14.3. The Labute approximate surface area is 138 Å². The van der Waals surface area contributed by atoms with Gasteiger partial charge in [-0.05, 0) is 24.6 Å². The summed E-state index contributed by atoms with van der Waals surface area (Å²) in [6.07, 6.45) is 4.53. The molecule has 0 radical (unpaired) electrons. The number of benzene rings is 1. The van der Waals surface area contributed by atoms with E-state index >= 15 is 0 Å². The normalized spacial score (nSPS) is 23.1. The summed E-state index contributed by atoms with van der Waals surface area (Å²) in [6.45, 7) is 2.99. The van der Waals surface area contributed by atoms with Crippen LogP contribution in [0.4, 0.5) is 11.5 Å². The van der Waals surface area contributed by atoms with Crippen molar-refractivity contribution in [3.05, 3.63) is 47.4 Å². The number of nitrogens with zero attached hydrogens (tertiary/aromatic N) is 3. The molecule has 1 aromatic carbocycles. The van der Waals surface area contributed by atoms with E-state index in [0.29, 0.717) is 5.02 Å². The molecule has 1 atom stereocenters. The quantitative estimate of drug-likeness (QED) is 0.722. The number of aromatic nitrogens is 3. The van der Waals surface area contributed by atoms with Crippen LogP contribution in [0.1, 0.15) is 12.0 Å². The zero-order chi connectivity index (χ0) is 15.4. The number of fused-ring (bicyclic) bond motifs is 3. The Bertz CT molecular complexity index is 897. The van der Waals surface area contributed by atoms with Gasteiger partial charge in [0.1, 0.15) is 17.8 Å². The largest absolute Gasteiger partial charge is 0.344 e. The van der Waals surface area contributed by atoms with E-state index in [1.54, 1.807) is 12.5 Å². The van der Waals surface area contributed by atoms with Crippen LogP contribution in [0.15, 0.2) is 36.8 Å². The first-order chi connectivity index (χ1) is 11.3. The number of anilines is 2. The predicted octanol–water partition coefficient (Wildman–Crippen LogP) is 2.99. The first-order valence-electron chi connectivity index (χ1n) is 7.84. The van der Waals surface area contributed by atoms with Crippen LogP contribution in [0.3, 0.4) is 0 Å². The second-order valence-electron chi connectivity index (χ2n) is 6.37. The Kier molecular flexibility index (Phi) is 2.72. The van der Waals surface area contributed by atoms with Crippen molar-refractivity contribution in [1.82, 2.24) is 20.3 Å². The van der Waals surface area contributed by atoms with Crippen molar-refractivity contribution in [2.24, 2.45) is 0 Å². The maximum absolute atomic E-state index is 6.38. The second-order valence-corrected chi connectivity index (χ2v) is 6.78. The lowest BCUT2D eigenvalue weighted by Gasteiger charge is -2.24. The smallest absolute Gasteiger partial charge is 0.147 e. The maximum Gasteiger partial charge on any atom is 0.147 e. The molecule has 5 rings (SSSR count). The van der Waals surface area contributed by atoms with Gasteiger partial charge in [0.25, 0.3) is 0 Å². The molecule has 0 saturated carbocycles. The SMILES string of the molecule is Clc1c[nH]c2ncnc(N3C[C@]4(CCNC4)c4ccccc43)c12. The van der Waals surface area contributed by atoms with Gasteiger partial charge in [0.15, 0.2) is 0 Å². The molecule has 1 saturated heterocycles. The molecule has 23 heavy (non-hydrogen) atoms. The first-order valence-corrected chi connectivity index (χ1v) is 8.22. The summed E-state index contributed by atoms with van der Waals surface area (Å²) >= 11 is 6.38. The van der Waals surface area contributed by atoms with Crippen molar-refractivity contribution in [2.45, 2.75) is 11.8 Å². The molecule has 2 N–H and O–H groups in total. The molecular weight excluding hydrogens is 310 g/mol. The summed E-state index contributed by atoms with van der Waals surface area (Å²) in [6, 6.07) is 8.64. The van der Waals surface area contributed by atoms with Crippen LogP contribution in [0.25, 0.3) is 11.0 Å². The number of aromatic amines is 1. The number of rotatable bonds is 1. The highest BCUT2D eigenvalue weighted by molar-refractivity contribution is 6.36. The molecular formula is C17H16ClN5. The molecule has 0 unspecified atom stereocenters. The molecule has 116 valence electrons. The highest BCUT2D eigenvalue weighted by Crippen LogP contribution is 2.48. The van der Waals surface area contributed by atoms with Crippen LogP contribution in [-0.2, 0) is 5.41 Å². The van der Waals surface area contributed by atoms with Crippen LogP contribution < -0.4 is 10.2 Å². The molecule has 1 spiro atoms. The van der Waals surface area contributed by atoms with E-state index in [2.05, 4.69) is 49.4 Å². The number of para-hydroxylation sites is 1. The zero-order valence-electron chi connectivity index (χ0n) is 12.5. The number of H-pyrrole nitrogens is 1. The summed E-state index contributed by atoms with van der Waals surface area (Å²) in [7, 11) is 0. The van der Waals surface area contributed by atoms with Crippen molar-refractivity contribution >= 4 is 34.1 Å². The minimum atomic E-state index is 0.163. The number of nitrogens with one attached hydrogen (secondary N) is 2. The summed E-state index contributed by atoms with van der Waals surface area (Å²) in [5.41, 5.74) is 3.58. The molecule has 2 aliphatic heterocycles. The Morgan fingerprint density at radius 1 is 1.22 bits per heavy atom. The highest BCUT2D eigenvalue weighted by atomic mass is 35.5. The average molecular weight is 326 g/mol. The van der Waals surface area contributed by atoms with Crippen LogP contribution >= 0.6 is 11.6 Å². The fourth-order valence-corrected chi connectivity index (χ4v) is 4.27. The highest BCUT2D eigenvalue weighted by Gasteiger charge is 2.45. The van der Waals surface area contributed by atoms with Crippen LogP contribution in [0.2, 0.25) is 5.02 Å². The van der Waals surface area contributed by atoms with Gasteiger partial charge in [-0.2, -0.15) is 0 Å². The van der Waals surface area contributed by atoms with E-state index in [-0.39, 0.29) is 5.41 Å². The minimum absolute atomic E-state index is 0.163. The average Bonchev–Trinajstić information content (AvgIpc) is 3.28. The summed E-state index contributed by atoms with van der Waals surface area (Å²) in [5, 5.41) is 5.08. The van der Waals surface area contributed by atoms with Crippen LogP contribution in [0.5, 0.6) is 0 Å². The lowest BCUT2D eigenvalue weighted by Crippen LogP contribution is -2.34. The molecule has 6 heteroatoms. The van der Waals surface area contributed by atoms with Gasteiger partial charge >= 0.3 is 0 Å². The lowest BCUT2D eigenvalue weighted by molar-refractivity contribution is 0.508. The molecule has 2 aliphatic rings. The van der Waals surface area contributed by atoms with Crippen LogP contribution in [-0.4, -0.2) is 34.6 Å². The van der Waals surface area contributed by atoms with E-state index in [1.807, 2.05) is 0 Å². The molecule has 2 aromatic heterocycles. The van der Waals surface area contributed by atoms with E-state index < -0.39 is 0 Å². The second kappa shape index (κ2) is 4.69. The Balaban J connectivity index is 1.73. The maximum atomic E-state index is 6.38. The molecule has 0 aliphatic carbocycles. The fourth-order valence-electron chi connectivity index (χ4n) is 4.04. The van der Waals surface area contributed by atoms with Crippen molar-refractivity contribution in [3.8, 4) is 0 Å². The molecule has 3 aromatic rings. The Morgan fingerprint density at radius 3 is 3.00 bits per heavy atom. The van der Waals surface area contributed by atoms with Gasteiger partial charge in [-0.15, -0.1) is 0 Å². The summed E-state index contributed by atoms with van der Waals surface area (Å²) in [5.74, 6) is 0.887. The van der Waals surface area contributed by atoms with Gasteiger partial charge in [0.2, 0.25) is 0 Å². The van der Waals surface area contributed by atoms with E-state index in [0.717, 1.165) is 42.9 Å². The lowest BCUT2D eigenvalue weighted by atomic mass is 9.82. The van der Waals surface area contributed by atoms with Gasteiger partial charge in [-0.3, -0.25) is 0 Å². The van der Waals surface area contributed by atoms with Crippen molar-refractivity contribution < 1.29 is 0 Å². The van der Waals surface area contributed by atoms with Gasteiger partial charge in [0.05, 0.1) is 10.4 Å². The van der Waals surface area contributed by atoms with Gasteiger partial charge < -0.3 is 15.2 Å². The topological polar surface area (TPSA) is 56.8 Å². The number of halogens is 1. The molecule has 0 amide bonds. The number of hydrogen-bond acceptors (Lipinski definition) is 4. The molecule has 0 bridgehead atoms. The van der Waals surface area contributed by atoms with Gasteiger partial charge in [-0.1, -0.05) is 29.8 Å². The van der Waals surface area contributed by atoms with E-state index in [9.17, 15) is 0 Å². The van der Waals surface area contributed by atoms with Crippen molar-refractivity contribution in [3.63, 3.8) is 0 Å². The van der Waals surface area contributed by atoms with Gasteiger partial charge in [0, 0.05) is 30.4 Å². The monoisotopic (exact) mass is 325 g/mol. The van der Waals surface area contributed by atoms with E-state index in [1.165, 1.54) is 11.3 Å². The molecule has 4 heterocycles. The standard InChI is InChI=1S/C17H16ClN5/c18-12-7-20-15-14(12)16(22-10-21-15)23-9-17(5-6-19-8-17)11-3-1-2-4-13(11)23/h1-4,7,10,19H,5-6,8-9H2,(H,20,21,22)/t17-/m1/s1. The van der Waals surface area contributed by atoms with Crippen LogP contribution in [0, 0.1) is 0 Å². The third-order valence-corrected chi connectivity index (χ3v) is 5.43. The zero-order valence-corrected chi connectivity index (χ0v) is 13.3. The minimum Gasteiger partial charge on any atom is -0.344 e. The summed E-state index contributed by atoms with van der Waals surface area (Å²) < 4.78 is 0. The predicted molar refractivity (Wildman–Crippen MR) is 91.5 cm³/mol. The third kappa shape index (κ3) is 1.77. The molecule has 5 nitrogen and oxygen atoms in total. The fraction of sp³-hybridized carbons (Fsp3) is 0.294. The van der Waals surface area contributed by atoms with E-state index in [4.69, 9.17) is 11.6 Å². The first kappa shape index (κ1) is 13.3.